The molecule has 0 saturated carbocycles. The van der Waals surface area contributed by atoms with Crippen LogP contribution in [0.15, 0.2) is 0 Å². The number of rotatable bonds is 1. The van der Waals surface area contributed by atoms with Gasteiger partial charge in [-0.3, -0.25) is 0 Å². The Balaban J connectivity index is 3.75. The summed E-state index contributed by atoms with van der Waals surface area (Å²) in [6.07, 6.45) is 0.625. The van der Waals surface area contributed by atoms with E-state index in [9.17, 15) is 0 Å². The molecular formula is C7H17NO. The summed E-state index contributed by atoms with van der Waals surface area (Å²) in [5, 5.41) is 9.13. The van der Waals surface area contributed by atoms with E-state index in [1.165, 1.54) is 0 Å². The van der Waals surface area contributed by atoms with Crippen LogP contribution >= 0.6 is 0 Å². The molecule has 0 rings (SSSR count). The smallest absolute Gasteiger partial charge is 0.111 e. The first-order valence-corrected chi connectivity index (χ1v) is 3.22. The molecule has 56 valence electrons. The summed E-state index contributed by atoms with van der Waals surface area (Å²) >= 11 is 0. The van der Waals surface area contributed by atoms with E-state index in [2.05, 4.69) is 0 Å². The molecule has 0 spiro atoms. The normalized spacial score (nSPS) is 19.3. The fourth-order valence-corrected chi connectivity index (χ4v) is 1.07. The Hall–Kier alpha value is -0.0800. The Morgan fingerprint density at radius 1 is 1.22 bits per heavy atom. The quantitative estimate of drug-likeness (QED) is 0.523. The molecule has 0 aromatic rings. The van der Waals surface area contributed by atoms with Gasteiger partial charge in [0.05, 0.1) is 0 Å². The lowest BCUT2D eigenvalue weighted by molar-refractivity contribution is 0.0253. The highest BCUT2D eigenvalue weighted by molar-refractivity contribution is 4.72. The van der Waals surface area contributed by atoms with Crippen LogP contribution in [0, 0.1) is 5.41 Å². The third-order valence-electron chi connectivity index (χ3n) is 0.888. The molecule has 3 N–H and O–H groups in total. The van der Waals surface area contributed by atoms with Crippen molar-refractivity contribution in [3.63, 3.8) is 0 Å². The number of hydrogen-bond acceptors (Lipinski definition) is 2. The van der Waals surface area contributed by atoms with Crippen molar-refractivity contribution < 1.29 is 5.11 Å². The maximum absolute atomic E-state index is 9.13. The molecule has 1 unspecified atom stereocenters. The highest BCUT2D eigenvalue weighted by Crippen LogP contribution is 2.23. The zero-order chi connectivity index (χ0) is 7.71. The van der Waals surface area contributed by atoms with Gasteiger partial charge in [0.25, 0.3) is 0 Å². The number of hydrogen-bond donors (Lipinski definition) is 2. The molecule has 0 heterocycles. The minimum atomic E-state index is -1.02. The summed E-state index contributed by atoms with van der Waals surface area (Å²) < 4.78 is 0. The molecule has 0 aliphatic heterocycles. The van der Waals surface area contributed by atoms with Crippen LogP contribution in [0.3, 0.4) is 0 Å². The number of nitrogens with two attached hydrogens (primary N) is 1. The van der Waals surface area contributed by atoms with E-state index >= 15 is 0 Å². The fourth-order valence-electron chi connectivity index (χ4n) is 1.07. The van der Waals surface area contributed by atoms with Crippen LogP contribution in [0.2, 0.25) is 0 Å². The standard InChI is InChI=1S/C7H17NO/c1-6(2,3)5-7(4,8)9/h9H,5,8H2,1-4H3. The summed E-state index contributed by atoms with van der Waals surface area (Å²) in [6.45, 7) is 7.77. The van der Waals surface area contributed by atoms with Gasteiger partial charge in [-0.05, 0) is 18.8 Å². The highest BCUT2D eigenvalue weighted by atomic mass is 16.3. The predicted octanol–water partition coefficient (Wildman–Crippen LogP) is 1.09. The topological polar surface area (TPSA) is 46.2 Å². The first kappa shape index (κ1) is 8.92. The van der Waals surface area contributed by atoms with Crippen molar-refractivity contribution in [2.75, 3.05) is 0 Å². The molecule has 2 heteroatoms. The van der Waals surface area contributed by atoms with Crippen molar-refractivity contribution in [1.82, 2.24) is 0 Å². The van der Waals surface area contributed by atoms with Crippen LogP contribution in [0.5, 0.6) is 0 Å². The van der Waals surface area contributed by atoms with Crippen molar-refractivity contribution in [1.29, 1.82) is 0 Å². The molecule has 0 saturated heterocycles. The summed E-state index contributed by atoms with van der Waals surface area (Å²) in [7, 11) is 0. The third-order valence-corrected chi connectivity index (χ3v) is 0.888. The molecule has 0 radical (unpaired) electrons. The molecule has 0 aromatic carbocycles. The van der Waals surface area contributed by atoms with Gasteiger partial charge in [-0.2, -0.15) is 0 Å². The van der Waals surface area contributed by atoms with E-state index in [0.29, 0.717) is 6.42 Å². The third kappa shape index (κ3) is 7.92. The van der Waals surface area contributed by atoms with Crippen LogP contribution in [-0.2, 0) is 0 Å². The van der Waals surface area contributed by atoms with Gasteiger partial charge in [0, 0.05) is 0 Å². The molecule has 0 amide bonds. The maximum Gasteiger partial charge on any atom is 0.111 e. The van der Waals surface area contributed by atoms with Crippen molar-refractivity contribution in [2.45, 2.75) is 39.8 Å². The molecule has 2 nitrogen and oxygen atoms in total. The van der Waals surface area contributed by atoms with E-state index in [1.54, 1.807) is 6.92 Å². The number of aliphatic hydroxyl groups is 1. The van der Waals surface area contributed by atoms with Crippen LogP contribution < -0.4 is 5.73 Å². The minimum Gasteiger partial charge on any atom is -0.376 e. The van der Waals surface area contributed by atoms with Gasteiger partial charge in [-0.1, -0.05) is 20.8 Å². The summed E-state index contributed by atoms with van der Waals surface area (Å²) in [6, 6.07) is 0. The summed E-state index contributed by atoms with van der Waals surface area (Å²) in [5.41, 5.74) is 4.47. The monoisotopic (exact) mass is 131 g/mol. The Labute approximate surface area is 57.1 Å². The van der Waals surface area contributed by atoms with Crippen LogP contribution in [-0.4, -0.2) is 10.8 Å². The van der Waals surface area contributed by atoms with Gasteiger partial charge < -0.3 is 10.8 Å². The van der Waals surface area contributed by atoms with Crippen LogP contribution in [0.1, 0.15) is 34.1 Å². The Kier molecular flexibility index (Phi) is 2.25. The van der Waals surface area contributed by atoms with Gasteiger partial charge >= 0.3 is 0 Å². The second-order valence-corrected chi connectivity index (χ2v) is 4.09. The first-order valence-electron chi connectivity index (χ1n) is 3.22. The largest absolute Gasteiger partial charge is 0.376 e. The second kappa shape index (κ2) is 2.27. The van der Waals surface area contributed by atoms with Crippen molar-refractivity contribution in [2.24, 2.45) is 11.1 Å². The molecule has 0 aliphatic carbocycles. The van der Waals surface area contributed by atoms with E-state index in [1.807, 2.05) is 20.8 Å². The van der Waals surface area contributed by atoms with Crippen molar-refractivity contribution >= 4 is 0 Å². The SMILES string of the molecule is CC(C)(C)CC(C)(N)O. The Bertz CT molecular complexity index is 74.1. The average Bonchev–Trinajstić information content (AvgIpc) is 1.14. The lowest BCUT2D eigenvalue weighted by Crippen LogP contribution is -2.39. The Morgan fingerprint density at radius 2 is 1.56 bits per heavy atom. The summed E-state index contributed by atoms with van der Waals surface area (Å²) in [5.74, 6) is 0. The predicted molar refractivity (Wildman–Crippen MR) is 38.9 cm³/mol. The van der Waals surface area contributed by atoms with Crippen LogP contribution in [0.25, 0.3) is 0 Å². The molecule has 0 aromatic heterocycles. The maximum atomic E-state index is 9.13. The first-order chi connectivity index (χ1) is 3.71. The average molecular weight is 131 g/mol. The van der Waals surface area contributed by atoms with Gasteiger partial charge in [-0.25, -0.2) is 0 Å². The molecule has 0 fully saturated rings. The van der Waals surface area contributed by atoms with E-state index in [-0.39, 0.29) is 5.41 Å². The van der Waals surface area contributed by atoms with Crippen molar-refractivity contribution in [3.05, 3.63) is 0 Å². The minimum absolute atomic E-state index is 0.109. The second-order valence-electron chi connectivity index (χ2n) is 4.09. The van der Waals surface area contributed by atoms with Crippen molar-refractivity contribution in [3.8, 4) is 0 Å². The summed E-state index contributed by atoms with van der Waals surface area (Å²) in [4.78, 5) is 0. The lowest BCUT2D eigenvalue weighted by Gasteiger charge is -2.27. The molecule has 9 heavy (non-hydrogen) atoms. The molecular weight excluding hydrogens is 114 g/mol. The zero-order valence-electron chi connectivity index (χ0n) is 6.73. The zero-order valence-corrected chi connectivity index (χ0v) is 6.73. The van der Waals surface area contributed by atoms with Crippen LogP contribution in [0.4, 0.5) is 0 Å². The fraction of sp³-hybridized carbons (Fsp3) is 1.00. The highest BCUT2D eigenvalue weighted by Gasteiger charge is 2.22. The Morgan fingerprint density at radius 3 is 1.56 bits per heavy atom. The van der Waals surface area contributed by atoms with E-state index < -0.39 is 5.72 Å². The molecule has 0 aliphatic rings. The van der Waals surface area contributed by atoms with Gasteiger partial charge in [0.1, 0.15) is 5.72 Å². The van der Waals surface area contributed by atoms with E-state index in [0.717, 1.165) is 0 Å². The van der Waals surface area contributed by atoms with Gasteiger partial charge in [0.15, 0.2) is 0 Å². The van der Waals surface area contributed by atoms with E-state index in [4.69, 9.17) is 10.8 Å². The van der Waals surface area contributed by atoms with Gasteiger partial charge in [0.2, 0.25) is 0 Å². The molecule has 1 atom stereocenters. The lowest BCUT2D eigenvalue weighted by atomic mass is 9.87. The molecule has 0 bridgehead atoms. The van der Waals surface area contributed by atoms with Gasteiger partial charge in [-0.15, -0.1) is 0 Å².